The summed E-state index contributed by atoms with van der Waals surface area (Å²) >= 11 is 0. The van der Waals surface area contributed by atoms with Gasteiger partial charge in [-0.3, -0.25) is 24.0 Å². The molecule has 1 heterocycles. The van der Waals surface area contributed by atoms with Crippen molar-refractivity contribution in [2.45, 2.75) is 78.0 Å². The van der Waals surface area contributed by atoms with Gasteiger partial charge in [0, 0.05) is 19.0 Å². The maximum Gasteiger partial charge on any atom is 0.243 e. The second-order valence-corrected chi connectivity index (χ2v) is 12.6. The lowest BCUT2D eigenvalue weighted by atomic mass is 10.0. The molecule has 0 radical (unpaired) electrons. The van der Waals surface area contributed by atoms with E-state index in [0.29, 0.717) is 17.7 Å². The van der Waals surface area contributed by atoms with Gasteiger partial charge >= 0.3 is 0 Å². The lowest BCUT2D eigenvalue weighted by Crippen LogP contribution is -2.57. The van der Waals surface area contributed by atoms with Gasteiger partial charge in [-0.25, -0.2) is 0 Å². The molecule has 12 nitrogen and oxygen atoms in total. The Labute approximate surface area is 270 Å². The van der Waals surface area contributed by atoms with E-state index in [0.717, 1.165) is 5.56 Å². The lowest BCUT2D eigenvalue weighted by Gasteiger charge is -2.31. The fourth-order valence-corrected chi connectivity index (χ4v) is 5.10. The number of rotatable bonds is 8. The van der Waals surface area contributed by atoms with Crippen molar-refractivity contribution in [3.63, 3.8) is 0 Å². The lowest BCUT2D eigenvalue weighted by molar-refractivity contribution is -0.137. The van der Waals surface area contributed by atoms with Crippen molar-refractivity contribution >= 4 is 29.5 Å². The van der Waals surface area contributed by atoms with Gasteiger partial charge < -0.3 is 36.0 Å². The van der Waals surface area contributed by atoms with Crippen molar-refractivity contribution in [2.24, 2.45) is 11.8 Å². The second-order valence-electron chi connectivity index (χ2n) is 12.6. The van der Waals surface area contributed by atoms with E-state index in [1.165, 1.54) is 17.0 Å². The van der Waals surface area contributed by atoms with Gasteiger partial charge in [0.25, 0.3) is 0 Å². The number of phenolic OH excluding ortho intramolecular Hbond substituents is 1. The van der Waals surface area contributed by atoms with Crippen LogP contribution >= 0.6 is 0 Å². The molecule has 4 atom stereocenters. The number of hydrogen-bond acceptors (Lipinski definition) is 7. The number of hydrogen-bond donors (Lipinski definition) is 5. The van der Waals surface area contributed by atoms with Crippen LogP contribution in [0.25, 0.3) is 0 Å². The van der Waals surface area contributed by atoms with E-state index in [1.54, 1.807) is 50.4 Å². The van der Waals surface area contributed by atoms with Gasteiger partial charge in [0.05, 0.1) is 20.1 Å². The maximum atomic E-state index is 13.6. The van der Waals surface area contributed by atoms with Crippen molar-refractivity contribution in [1.82, 2.24) is 26.2 Å². The number of amides is 5. The Morgan fingerprint density at radius 2 is 1.46 bits per heavy atom. The first kappa shape index (κ1) is 35.9. The second kappa shape index (κ2) is 16.6. The quantitative estimate of drug-likeness (QED) is 0.294. The van der Waals surface area contributed by atoms with Gasteiger partial charge in [-0.15, -0.1) is 0 Å². The number of ether oxygens (including phenoxy) is 1. The molecule has 250 valence electrons. The topological polar surface area (TPSA) is 166 Å². The molecule has 5 amide bonds. The van der Waals surface area contributed by atoms with Crippen molar-refractivity contribution in [2.75, 3.05) is 20.2 Å². The minimum absolute atomic E-state index is 0.0198. The number of benzene rings is 2. The van der Waals surface area contributed by atoms with Crippen molar-refractivity contribution in [1.29, 1.82) is 0 Å². The highest BCUT2D eigenvalue weighted by atomic mass is 16.5. The number of aromatic hydroxyl groups is 1. The third-order valence-electron chi connectivity index (χ3n) is 7.87. The molecule has 1 saturated heterocycles. The van der Waals surface area contributed by atoms with E-state index in [1.807, 2.05) is 27.7 Å². The molecule has 0 aromatic heterocycles. The van der Waals surface area contributed by atoms with Crippen molar-refractivity contribution in [3.05, 3.63) is 59.7 Å². The summed E-state index contributed by atoms with van der Waals surface area (Å²) in [5, 5.41) is 20.9. The molecule has 12 heteroatoms. The Kier molecular flexibility index (Phi) is 13.0. The number of carbonyl (C=O) groups is 5. The summed E-state index contributed by atoms with van der Waals surface area (Å²) in [6.45, 7) is 8.82. The van der Waals surface area contributed by atoms with Crippen LogP contribution in [0.4, 0.5) is 0 Å². The average molecular weight is 638 g/mol. The van der Waals surface area contributed by atoms with Crippen molar-refractivity contribution in [3.8, 4) is 11.5 Å². The van der Waals surface area contributed by atoms with Crippen LogP contribution in [0.2, 0.25) is 0 Å². The van der Waals surface area contributed by atoms with Gasteiger partial charge in [0.2, 0.25) is 29.5 Å². The highest BCUT2D eigenvalue weighted by Crippen LogP contribution is 2.15. The molecule has 0 spiro atoms. The third-order valence-corrected chi connectivity index (χ3v) is 7.87. The Bertz CT molecular complexity index is 1360. The van der Waals surface area contributed by atoms with Crippen LogP contribution in [0.5, 0.6) is 11.5 Å². The molecule has 1 aliphatic heterocycles. The van der Waals surface area contributed by atoms with E-state index in [-0.39, 0.29) is 49.4 Å². The SMILES string of the molecule is COc1ccc(C[C@@H]2NC(=O)[C@H](CC(C)C)NC(=O)CN(C(=O)Cc3ccc(O)cc3)C[C@H](C(C)C)NC(=O)[C@@H](C)NC2=O)cc1. The Balaban J connectivity index is 1.95. The highest BCUT2D eigenvalue weighted by molar-refractivity contribution is 5.95. The zero-order valence-electron chi connectivity index (χ0n) is 27.5. The number of carbonyl (C=O) groups excluding carboxylic acids is 5. The normalized spacial score (nSPS) is 21.9. The highest BCUT2D eigenvalue weighted by Gasteiger charge is 2.32. The smallest absolute Gasteiger partial charge is 0.243 e. The van der Waals surface area contributed by atoms with Crippen LogP contribution in [0.3, 0.4) is 0 Å². The summed E-state index contributed by atoms with van der Waals surface area (Å²) in [7, 11) is 1.55. The predicted octanol–water partition coefficient (Wildman–Crippen LogP) is 1.69. The molecule has 0 bridgehead atoms. The fraction of sp³-hybridized carbons (Fsp3) is 0.500. The van der Waals surface area contributed by atoms with Gasteiger partial charge in [-0.05, 0) is 60.6 Å². The number of nitrogens with one attached hydrogen (secondary N) is 4. The zero-order valence-corrected chi connectivity index (χ0v) is 27.5. The number of phenols is 1. The van der Waals surface area contributed by atoms with Crippen LogP contribution in [-0.2, 0) is 36.8 Å². The van der Waals surface area contributed by atoms with Gasteiger partial charge in [0.15, 0.2) is 0 Å². The largest absolute Gasteiger partial charge is 0.508 e. The van der Waals surface area contributed by atoms with E-state index < -0.39 is 47.8 Å². The molecule has 1 aliphatic rings. The van der Waals surface area contributed by atoms with Crippen molar-refractivity contribution < 1.29 is 33.8 Å². The summed E-state index contributed by atoms with van der Waals surface area (Å²) in [5.41, 5.74) is 1.39. The molecule has 3 rings (SSSR count). The van der Waals surface area contributed by atoms with Crippen LogP contribution in [0, 0.1) is 11.8 Å². The molecule has 0 saturated carbocycles. The molecule has 1 fully saturated rings. The Morgan fingerprint density at radius 3 is 2.04 bits per heavy atom. The molecule has 46 heavy (non-hydrogen) atoms. The molecule has 0 aliphatic carbocycles. The molecule has 5 N–H and O–H groups in total. The predicted molar refractivity (Wildman–Crippen MR) is 173 cm³/mol. The van der Waals surface area contributed by atoms with Crippen LogP contribution in [-0.4, -0.2) is 83.9 Å². The van der Waals surface area contributed by atoms with Gasteiger partial charge in [-0.2, -0.15) is 0 Å². The Morgan fingerprint density at radius 1 is 0.848 bits per heavy atom. The summed E-state index contributed by atoms with van der Waals surface area (Å²) in [6.07, 6.45) is 0.384. The molecular weight excluding hydrogens is 590 g/mol. The van der Waals surface area contributed by atoms with E-state index in [2.05, 4.69) is 21.3 Å². The first-order valence-corrected chi connectivity index (χ1v) is 15.6. The molecule has 0 unspecified atom stereocenters. The van der Waals surface area contributed by atoms with E-state index in [4.69, 9.17) is 4.74 Å². The van der Waals surface area contributed by atoms with E-state index >= 15 is 0 Å². The summed E-state index contributed by atoms with van der Waals surface area (Å²) in [6, 6.07) is 9.75. The first-order chi connectivity index (χ1) is 21.7. The standard InChI is InChI=1S/C34H47N5O7/c1-20(2)15-27-34(45)37-28(16-23-9-13-26(46-6)14-10-23)33(44)35-22(5)32(43)38-29(21(3)4)18-39(19-30(41)36-27)31(42)17-24-7-11-25(40)12-8-24/h7-14,20-22,27-29,40H,15-19H2,1-6H3,(H,35,44)(H,36,41)(H,37,45)(H,38,43)/t22-,27+,28+,29-/m1/s1. The Hall–Kier alpha value is -4.61. The third kappa shape index (κ3) is 10.8. The van der Waals surface area contributed by atoms with Gasteiger partial charge in [-0.1, -0.05) is 52.0 Å². The van der Waals surface area contributed by atoms with Crippen LogP contribution in [0.15, 0.2) is 48.5 Å². The molecule has 2 aromatic rings. The average Bonchev–Trinajstić information content (AvgIpc) is 3.00. The van der Waals surface area contributed by atoms with Crippen LogP contribution < -0.4 is 26.0 Å². The first-order valence-electron chi connectivity index (χ1n) is 15.6. The zero-order chi connectivity index (χ0) is 34.0. The minimum atomic E-state index is -1.04. The molecular formula is C34H47N5O7. The van der Waals surface area contributed by atoms with Crippen LogP contribution in [0.1, 0.15) is 52.2 Å². The maximum absolute atomic E-state index is 13.6. The van der Waals surface area contributed by atoms with E-state index in [9.17, 15) is 29.1 Å². The fourth-order valence-electron chi connectivity index (χ4n) is 5.10. The summed E-state index contributed by atoms with van der Waals surface area (Å²) in [5.74, 6) is -1.89. The summed E-state index contributed by atoms with van der Waals surface area (Å²) < 4.78 is 5.22. The number of methoxy groups -OCH3 is 1. The number of nitrogens with zero attached hydrogens (tertiary/aromatic N) is 1. The monoisotopic (exact) mass is 637 g/mol. The summed E-state index contributed by atoms with van der Waals surface area (Å²) in [4.78, 5) is 68.9. The minimum Gasteiger partial charge on any atom is -0.508 e. The van der Waals surface area contributed by atoms with Gasteiger partial charge in [0.1, 0.15) is 29.6 Å². The molecule has 2 aromatic carbocycles.